The molecule has 0 unspecified atom stereocenters. The van der Waals surface area contributed by atoms with Gasteiger partial charge in [0.15, 0.2) is 0 Å². The molecule has 0 saturated heterocycles. The third kappa shape index (κ3) is 2.83. The van der Waals surface area contributed by atoms with E-state index >= 15 is 0 Å². The Kier molecular flexibility index (Phi) is 4.07. The highest BCUT2D eigenvalue weighted by atomic mass is 16.5. The quantitative estimate of drug-likeness (QED) is 0.792. The molecule has 1 aromatic carbocycles. The van der Waals surface area contributed by atoms with Gasteiger partial charge in [-0.15, -0.1) is 0 Å². The van der Waals surface area contributed by atoms with E-state index in [9.17, 15) is 4.79 Å². The van der Waals surface area contributed by atoms with Crippen molar-refractivity contribution in [1.29, 1.82) is 0 Å². The van der Waals surface area contributed by atoms with Crippen molar-refractivity contribution in [3.63, 3.8) is 0 Å². The van der Waals surface area contributed by atoms with Crippen molar-refractivity contribution < 1.29 is 9.53 Å². The van der Waals surface area contributed by atoms with Gasteiger partial charge in [-0.3, -0.25) is 0 Å². The Morgan fingerprint density at radius 2 is 2.12 bits per heavy atom. The summed E-state index contributed by atoms with van der Waals surface area (Å²) < 4.78 is 4.70. The summed E-state index contributed by atoms with van der Waals surface area (Å²) in [6.07, 6.45) is 0.887. The Hall–Kier alpha value is -1.35. The van der Waals surface area contributed by atoms with Crippen molar-refractivity contribution in [2.75, 3.05) is 13.7 Å². The Morgan fingerprint density at radius 1 is 1.44 bits per heavy atom. The molecule has 0 atom stereocenters. The van der Waals surface area contributed by atoms with Crippen LogP contribution in [0.5, 0.6) is 0 Å². The first-order chi connectivity index (χ1) is 7.51. The number of hydrogen-bond acceptors (Lipinski definition) is 3. The highest BCUT2D eigenvalue weighted by Gasteiger charge is 2.20. The maximum Gasteiger partial charge on any atom is 0.337 e. The summed E-state index contributed by atoms with van der Waals surface area (Å²) in [4.78, 5) is 11.4. The van der Waals surface area contributed by atoms with E-state index in [-0.39, 0.29) is 11.4 Å². The van der Waals surface area contributed by atoms with Crippen LogP contribution in [0.4, 0.5) is 0 Å². The van der Waals surface area contributed by atoms with Crippen LogP contribution in [0, 0.1) is 0 Å². The van der Waals surface area contributed by atoms with Crippen LogP contribution in [0.3, 0.4) is 0 Å². The fourth-order valence-corrected chi connectivity index (χ4v) is 1.69. The smallest absolute Gasteiger partial charge is 0.337 e. The van der Waals surface area contributed by atoms with Crippen LogP contribution in [-0.2, 0) is 10.2 Å². The molecule has 1 aromatic rings. The van der Waals surface area contributed by atoms with Crippen molar-refractivity contribution >= 4 is 5.97 Å². The third-order valence-electron chi connectivity index (χ3n) is 2.83. The Bertz CT molecular complexity index is 372. The number of ether oxygens (including phenoxy) is 1. The molecule has 3 nitrogen and oxygen atoms in total. The molecule has 0 bridgehead atoms. The van der Waals surface area contributed by atoms with Crippen molar-refractivity contribution in [3.05, 3.63) is 35.4 Å². The monoisotopic (exact) mass is 221 g/mol. The number of benzene rings is 1. The molecule has 2 N–H and O–H groups in total. The Labute approximate surface area is 96.6 Å². The van der Waals surface area contributed by atoms with Gasteiger partial charge in [-0.05, 0) is 36.1 Å². The maximum absolute atomic E-state index is 11.4. The van der Waals surface area contributed by atoms with Gasteiger partial charge in [-0.2, -0.15) is 0 Å². The summed E-state index contributed by atoms with van der Waals surface area (Å²) in [6, 6.07) is 7.53. The van der Waals surface area contributed by atoms with E-state index < -0.39 is 0 Å². The van der Waals surface area contributed by atoms with E-state index in [0.29, 0.717) is 12.1 Å². The van der Waals surface area contributed by atoms with Crippen LogP contribution < -0.4 is 5.73 Å². The first-order valence-electron chi connectivity index (χ1n) is 5.40. The number of methoxy groups -OCH3 is 1. The standard InChI is InChI=1S/C13H19NO2/c1-13(2,7-8-14)11-6-4-5-10(9-11)12(15)16-3/h4-6,9H,7-8,14H2,1-3H3. The number of nitrogens with two attached hydrogens (primary N) is 1. The molecule has 3 heteroatoms. The van der Waals surface area contributed by atoms with E-state index in [4.69, 9.17) is 10.5 Å². The van der Waals surface area contributed by atoms with Crippen LogP contribution in [-0.4, -0.2) is 19.6 Å². The number of esters is 1. The zero-order valence-corrected chi connectivity index (χ0v) is 10.1. The Morgan fingerprint density at radius 3 is 2.69 bits per heavy atom. The molecule has 0 saturated carbocycles. The zero-order chi connectivity index (χ0) is 12.2. The maximum atomic E-state index is 11.4. The van der Waals surface area contributed by atoms with Gasteiger partial charge in [0.05, 0.1) is 12.7 Å². The van der Waals surface area contributed by atoms with Gasteiger partial charge >= 0.3 is 5.97 Å². The molecule has 0 aliphatic carbocycles. The summed E-state index contributed by atoms with van der Waals surface area (Å²) in [5, 5.41) is 0. The van der Waals surface area contributed by atoms with Gasteiger partial charge in [-0.1, -0.05) is 26.0 Å². The van der Waals surface area contributed by atoms with Gasteiger partial charge in [-0.25, -0.2) is 4.79 Å². The molecule has 0 spiro atoms. The SMILES string of the molecule is COC(=O)c1cccc(C(C)(C)CCN)c1. The van der Waals surface area contributed by atoms with Crippen LogP contribution in [0.1, 0.15) is 36.2 Å². The average Bonchev–Trinajstić information content (AvgIpc) is 2.28. The summed E-state index contributed by atoms with van der Waals surface area (Å²) >= 11 is 0. The molecular weight excluding hydrogens is 202 g/mol. The van der Waals surface area contributed by atoms with E-state index in [1.54, 1.807) is 6.07 Å². The molecule has 0 aromatic heterocycles. The molecule has 1 rings (SSSR count). The second kappa shape index (κ2) is 5.12. The second-order valence-corrected chi connectivity index (χ2v) is 4.49. The minimum absolute atomic E-state index is 0.0151. The average molecular weight is 221 g/mol. The second-order valence-electron chi connectivity index (χ2n) is 4.49. The van der Waals surface area contributed by atoms with Crippen molar-refractivity contribution in [2.45, 2.75) is 25.7 Å². The van der Waals surface area contributed by atoms with Crippen molar-refractivity contribution in [1.82, 2.24) is 0 Å². The number of carbonyl (C=O) groups is 1. The van der Waals surface area contributed by atoms with E-state index in [1.165, 1.54) is 7.11 Å². The summed E-state index contributed by atoms with van der Waals surface area (Å²) in [5.74, 6) is -0.301. The molecule has 0 heterocycles. The van der Waals surface area contributed by atoms with Crippen LogP contribution in [0.2, 0.25) is 0 Å². The van der Waals surface area contributed by atoms with Crippen LogP contribution >= 0.6 is 0 Å². The zero-order valence-electron chi connectivity index (χ0n) is 10.1. The molecule has 0 aliphatic rings. The summed E-state index contributed by atoms with van der Waals surface area (Å²) in [6.45, 7) is 4.88. The lowest BCUT2D eigenvalue weighted by atomic mass is 9.81. The molecule has 0 aliphatic heterocycles. The van der Waals surface area contributed by atoms with Gasteiger partial charge in [0.1, 0.15) is 0 Å². The first kappa shape index (κ1) is 12.7. The fourth-order valence-electron chi connectivity index (χ4n) is 1.69. The number of hydrogen-bond donors (Lipinski definition) is 1. The highest BCUT2D eigenvalue weighted by molar-refractivity contribution is 5.89. The largest absolute Gasteiger partial charge is 0.465 e. The predicted molar refractivity (Wildman–Crippen MR) is 64.5 cm³/mol. The Balaban J connectivity index is 3.02. The normalized spacial score (nSPS) is 11.2. The molecular formula is C13H19NO2. The molecule has 0 amide bonds. The lowest BCUT2D eigenvalue weighted by Crippen LogP contribution is -2.22. The minimum Gasteiger partial charge on any atom is -0.465 e. The minimum atomic E-state index is -0.301. The van der Waals surface area contributed by atoms with Crippen LogP contribution in [0.25, 0.3) is 0 Å². The summed E-state index contributed by atoms with van der Waals surface area (Å²) in [7, 11) is 1.39. The molecule has 88 valence electrons. The van der Waals surface area contributed by atoms with Crippen LogP contribution in [0.15, 0.2) is 24.3 Å². The van der Waals surface area contributed by atoms with Crippen molar-refractivity contribution in [3.8, 4) is 0 Å². The summed E-state index contributed by atoms with van der Waals surface area (Å²) in [5.41, 5.74) is 7.27. The lowest BCUT2D eigenvalue weighted by molar-refractivity contribution is 0.0600. The first-order valence-corrected chi connectivity index (χ1v) is 5.40. The lowest BCUT2D eigenvalue weighted by Gasteiger charge is -2.24. The third-order valence-corrected chi connectivity index (χ3v) is 2.83. The van der Waals surface area contributed by atoms with E-state index in [0.717, 1.165) is 12.0 Å². The number of rotatable bonds is 4. The van der Waals surface area contributed by atoms with Gasteiger partial charge < -0.3 is 10.5 Å². The van der Waals surface area contributed by atoms with E-state index in [1.807, 2.05) is 18.2 Å². The highest BCUT2D eigenvalue weighted by Crippen LogP contribution is 2.27. The van der Waals surface area contributed by atoms with Gasteiger partial charge in [0.25, 0.3) is 0 Å². The predicted octanol–water partition coefficient (Wildman–Crippen LogP) is 2.10. The number of carbonyl (C=O) groups excluding carboxylic acids is 1. The molecule has 0 radical (unpaired) electrons. The van der Waals surface area contributed by atoms with Gasteiger partial charge in [0.2, 0.25) is 0 Å². The topological polar surface area (TPSA) is 52.3 Å². The van der Waals surface area contributed by atoms with E-state index in [2.05, 4.69) is 13.8 Å². The molecule has 0 fully saturated rings. The molecule has 16 heavy (non-hydrogen) atoms. The van der Waals surface area contributed by atoms with Crippen molar-refractivity contribution in [2.24, 2.45) is 5.73 Å². The van der Waals surface area contributed by atoms with Gasteiger partial charge in [0, 0.05) is 0 Å². The fraction of sp³-hybridized carbons (Fsp3) is 0.462.